The van der Waals surface area contributed by atoms with Gasteiger partial charge in [0.15, 0.2) is 0 Å². The fourth-order valence-corrected chi connectivity index (χ4v) is 6.26. The van der Waals surface area contributed by atoms with Gasteiger partial charge in [-0.15, -0.1) is 0 Å². The summed E-state index contributed by atoms with van der Waals surface area (Å²) < 4.78 is 6.73. The van der Waals surface area contributed by atoms with Crippen LogP contribution in [0.1, 0.15) is 25.6 Å². The van der Waals surface area contributed by atoms with Crippen molar-refractivity contribution in [2.45, 2.75) is 26.3 Å². The van der Waals surface area contributed by atoms with Crippen molar-refractivity contribution in [1.82, 2.24) is 0 Å². The lowest BCUT2D eigenvalue weighted by molar-refractivity contribution is 0.340. The van der Waals surface area contributed by atoms with Crippen LogP contribution in [0.4, 0.5) is 11.4 Å². The molecule has 0 radical (unpaired) electrons. The second-order valence-corrected chi connectivity index (χ2v) is 9.22. The molecule has 1 aliphatic rings. The largest absolute Gasteiger partial charge is 0.494 e. The Morgan fingerprint density at radius 1 is 1.15 bits per heavy atom. The van der Waals surface area contributed by atoms with Gasteiger partial charge in [0.1, 0.15) is 10.4 Å². The van der Waals surface area contributed by atoms with E-state index in [4.69, 9.17) is 21.3 Å². The van der Waals surface area contributed by atoms with Crippen LogP contribution < -0.4 is 14.7 Å². The van der Waals surface area contributed by atoms with Crippen LogP contribution in [0.5, 0.6) is 5.75 Å². The van der Waals surface area contributed by atoms with Gasteiger partial charge in [0, 0.05) is 21.8 Å². The maximum atomic E-state index is 6.13. The van der Waals surface area contributed by atoms with Gasteiger partial charge in [-0.3, -0.25) is 0 Å². The summed E-state index contributed by atoms with van der Waals surface area (Å²) in [5.41, 5.74) is 4.18. The van der Waals surface area contributed by atoms with E-state index in [-0.39, 0.29) is 5.54 Å². The van der Waals surface area contributed by atoms with E-state index in [9.17, 15) is 0 Å². The van der Waals surface area contributed by atoms with E-state index in [1.54, 1.807) is 20.7 Å². The monoisotopic (exact) mass is 402 g/mol. The number of benzene rings is 2. The van der Waals surface area contributed by atoms with Crippen molar-refractivity contribution in [3.63, 3.8) is 0 Å². The number of nitrogens with zero attached hydrogens (tertiary/aromatic N) is 1. The Labute approximate surface area is 165 Å². The number of anilines is 1. The predicted molar refractivity (Wildman–Crippen MR) is 112 cm³/mol. The molecule has 6 heteroatoms. The Balaban J connectivity index is 1.95. The van der Waals surface area contributed by atoms with Crippen molar-refractivity contribution >= 4 is 43.7 Å². The Kier molecular flexibility index (Phi) is 4.55. The molecule has 1 N–H and O–H groups in total. The second kappa shape index (κ2) is 6.72. The number of rotatable bonds is 3. The van der Waals surface area contributed by atoms with Crippen LogP contribution in [0.15, 0.2) is 47.5 Å². The molecule has 0 atom stereocenters. The van der Waals surface area contributed by atoms with Crippen molar-refractivity contribution in [2.75, 3.05) is 11.9 Å². The summed E-state index contributed by atoms with van der Waals surface area (Å²) in [6.45, 7) is 7.06. The average Bonchev–Trinajstić information content (AvgIpc) is 3.01. The Morgan fingerprint density at radius 2 is 2.00 bits per heavy atom. The molecular weight excluding hydrogens is 384 g/mol. The molecule has 0 unspecified atom stereocenters. The highest BCUT2D eigenvalue weighted by Gasteiger charge is 2.33. The average molecular weight is 403 g/mol. The number of fused-ring (bicyclic) bond motifs is 3. The molecule has 0 bridgehead atoms. The van der Waals surface area contributed by atoms with Crippen LogP contribution in [0.3, 0.4) is 0 Å². The molecule has 26 heavy (non-hydrogen) atoms. The Bertz CT molecular complexity index is 1040. The molecule has 0 spiro atoms. The molecule has 3 aromatic rings. The van der Waals surface area contributed by atoms with Gasteiger partial charge in [0.05, 0.1) is 22.7 Å². The fraction of sp³-hybridized carbons (Fsp3) is 0.250. The van der Waals surface area contributed by atoms with Crippen molar-refractivity contribution < 1.29 is 4.74 Å². The van der Waals surface area contributed by atoms with Crippen LogP contribution in [-0.2, 0) is 5.54 Å². The maximum Gasteiger partial charge on any atom is 0.135 e. The quantitative estimate of drug-likeness (QED) is 0.512. The number of halogens is 1. The third kappa shape index (κ3) is 3.15. The summed E-state index contributed by atoms with van der Waals surface area (Å²) >= 11 is 6.13. The SMILES string of the molecule is CCOc1ccc2c(c1)-c1c(ssc1=Nc1cccc(Cl)c1)C(C)(C)N2. The first kappa shape index (κ1) is 17.6. The van der Waals surface area contributed by atoms with E-state index < -0.39 is 0 Å². The first-order valence-electron chi connectivity index (χ1n) is 8.47. The van der Waals surface area contributed by atoms with Crippen LogP contribution >= 0.6 is 32.3 Å². The zero-order valence-electron chi connectivity index (χ0n) is 14.8. The third-order valence-corrected chi connectivity index (χ3v) is 7.15. The van der Waals surface area contributed by atoms with Crippen LogP contribution in [0.2, 0.25) is 5.02 Å². The molecule has 0 fully saturated rings. The zero-order chi connectivity index (χ0) is 18.3. The first-order valence-corrected chi connectivity index (χ1v) is 11.0. The van der Waals surface area contributed by atoms with Gasteiger partial charge >= 0.3 is 0 Å². The second-order valence-electron chi connectivity index (χ2n) is 6.66. The number of nitrogens with one attached hydrogen (secondary N) is 1. The summed E-state index contributed by atoms with van der Waals surface area (Å²) in [7, 11) is 3.48. The van der Waals surface area contributed by atoms with E-state index >= 15 is 0 Å². The predicted octanol–water partition coefficient (Wildman–Crippen LogP) is 6.42. The minimum Gasteiger partial charge on any atom is -0.494 e. The molecule has 2 aromatic carbocycles. The van der Waals surface area contributed by atoms with Gasteiger partial charge in [0.25, 0.3) is 0 Å². The highest BCUT2D eigenvalue weighted by atomic mass is 35.5. The van der Waals surface area contributed by atoms with Gasteiger partial charge in [-0.1, -0.05) is 38.3 Å². The molecule has 3 nitrogen and oxygen atoms in total. The van der Waals surface area contributed by atoms with E-state index in [0.717, 1.165) is 27.4 Å². The summed E-state index contributed by atoms with van der Waals surface area (Å²) in [4.78, 5) is 6.19. The molecule has 4 rings (SSSR count). The molecule has 0 aliphatic carbocycles. The number of hydrogen-bond acceptors (Lipinski definition) is 5. The number of hydrogen-bond donors (Lipinski definition) is 1. The summed E-state index contributed by atoms with van der Waals surface area (Å²) in [6.07, 6.45) is 0. The molecule has 0 amide bonds. The third-order valence-electron chi connectivity index (χ3n) is 4.27. The Hall–Kier alpha value is -1.82. The molecular formula is C20H19ClN2OS2. The van der Waals surface area contributed by atoms with Crippen LogP contribution in [-0.4, -0.2) is 6.61 Å². The summed E-state index contributed by atoms with van der Waals surface area (Å²) in [5.74, 6) is 0.878. The normalized spacial score (nSPS) is 15.2. The van der Waals surface area contributed by atoms with Crippen LogP contribution in [0, 0.1) is 0 Å². The smallest absolute Gasteiger partial charge is 0.135 e. The van der Waals surface area contributed by atoms with Gasteiger partial charge in [-0.25, -0.2) is 4.99 Å². The van der Waals surface area contributed by atoms with E-state index in [1.165, 1.54) is 10.4 Å². The lowest BCUT2D eigenvalue weighted by Gasteiger charge is -2.33. The van der Waals surface area contributed by atoms with E-state index in [2.05, 4.69) is 31.3 Å². The van der Waals surface area contributed by atoms with Gasteiger partial charge in [0.2, 0.25) is 0 Å². The van der Waals surface area contributed by atoms with Gasteiger partial charge in [-0.2, -0.15) is 0 Å². The van der Waals surface area contributed by atoms with Crippen molar-refractivity contribution in [1.29, 1.82) is 0 Å². The molecule has 134 valence electrons. The molecule has 0 saturated heterocycles. The standard InChI is InChI=1S/C20H19ClN2OS2/c1-4-24-14-8-9-16-15(11-14)17-18(20(2,3)23-16)25-26-19(17)22-13-7-5-6-12(21)10-13/h5-11,23H,4H2,1-3H3. The topological polar surface area (TPSA) is 33.6 Å². The maximum absolute atomic E-state index is 6.13. The van der Waals surface area contributed by atoms with Gasteiger partial charge < -0.3 is 10.1 Å². The van der Waals surface area contributed by atoms with E-state index in [0.29, 0.717) is 11.6 Å². The Morgan fingerprint density at radius 3 is 2.77 bits per heavy atom. The summed E-state index contributed by atoms with van der Waals surface area (Å²) in [6, 6.07) is 13.9. The van der Waals surface area contributed by atoms with Crippen molar-refractivity contribution in [3.05, 3.63) is 57.0 Å². The molecule has 1 aliphatic heterocycles. The fourth-order valence-electron chi connectivity index (χ4n) is 3.14. The van der Waals surface area contributed by atoms with E-state index in [1.807, 2.05) is 37.3 Å². The highest BCUT2D eigenvalue weighted by molar-refractivity contribution is 7.68. The summed E-state index contributed by atoms with van der Waals surface area (Å²) in [5, 5.41) is 4.34. The molecule has 0 saturated carbocycles. The zero-order valence-corrected chi connectivity index (χ0v) is 17.2. The van der Waals surface area contributed by atoms with Crippen molar-refractivity contribution in [2.24, 2.45) is 4.99 Å². The van der Waals surface area contributed by atoms with Crippen molar-refractivity contribution in [3.8, 4) is 16.9 Å². The van der Waals surface area contributed by atoms with Crippen LogP contribution in [0.25, 0.3) is 11.1 Å². The molecule has 2 heterocycles. The van der Waals surface area contributed by atoms with Gasteiger partial charge in [-0.05, 0) is 57.2 Å². The highest BCUT2D eigenvalue weighted by Crippen LogP contribution is 2.46. The molecule has 1 aromatic heterocycles. The lowest BCUT2D eigenvalue weighted by Crippen LogP contribution is -2.31. The lowest BCUT2D eigenvalue weighted by atomic mass is 9.90. The minimum atomic E-state index is -0.140. The first-order chi connectivity index (χ1) is 12.5. The number of ether oxygens (including phenoxy) is 1. The minimum absolute atomic E-state index is 0.140.